The summed E-state index contributed by atoms with van der Waals surface area (Å²) in [5.74, 6) is 0.907. The molecule has 0 spiro atoms. The number of nitrogens with zero attached hydrogens (tertiary/aromatic N) is 2. The minimum atomic E-state index is 0.729. The van der Waals surface area contributed by atoms with Crippen LogP contribution in [0.5, 0.6) is 5.75 Å². The lowest BCUT2D eigenvalue weighted by Gasteiger charge is -2.18. The summed E-state index contributed by atoms with van der Waals surface area (Å²) in [4.78, 5) is 6.65. The van der Waals surface area contributed by atoms with E-state index in [1.54, 1.807) is 6.20 Å². The van der Waals surface area contributed by atoms with E-state index in [2.05, 4.69) is 36.0 Å². The molecule has 0 unspecified atom stereocenters. The number of hydrogen-bond donors (Lipinski definition) is 1. The van der Waals surface area contributed by atoms with Gasteiger partial charge in [0.1, 0.15) is 12.4 Å². The van der Waals surface area contributed by atoms with Crippen LogP contribution in [0.1, 0.15) is 26.5 Å². The van der Waals surface area contributed by atoms with Crippen molar-refractivity contribution in [2.75, 3.05) is 32.8 Å². The molecule has 4 nitrogen and oxygen atoms in total. The molecule has 0 atom stereocenters. The van der Waals surface area contributed by atoms with E-state index in [9.17, 15) is 0 Å². The number of nitrogens with one attached hydrogen (secondary N) is 1. The third-order valence-electron chi connectivity index (χ3n) is 2.91. The maximum atomic E-state index is 5.75. The van der Waals surface area contributed by atoms with Crippen LogP contribution in [-0.2, 0) is 6.54 Å². The molecule has 1 heterocycles. The molecule has 0 fully saturated rings. The predicted molar refractivity (Wildman–Crippen MR) is 74.9 cm³/mol. The fourth-order valence-electron chi connectivity index (χ4n) is 1.73. The number of rotatable bonds is 9. The van der Waals surface area contributed by atoms with Gasteiger partial charge in [-0.25, -0.2) is 0 Å². The molecule has 18 heavy (non-hydrogen) atoms. The maximum Gasteiger partial charge on any atom is 0.122 e. The van der Waals surface area contributed by atoms with Gasteiger partial charge in [-0.15, -0.1) is 0 Å². The largest absolute Gasteiger partial charge is 0.492 e. The Morgan fingerprint density at radius 3 is 2.72 bits per heavy atom. The van der Waals surface area contributed by atoms with Gasteiger partial charge in [0.2, 0.25) is 0 Å². The Morgan fingerprint density at radius 2 is 2.06 bits per heavy atom. The number of aromatic nitrogens is 1. The summed E-state index contributed by atoms with van der Waals surface area (Å²) < 4.78 is 5.75. The van der Waals surface area contributed by atoms with E-state index in [1.807, 2.05) is 12.1 Å². The zero-order valence-corrected chi connectivity index (χ0v) is 11.8. The molecular formula is C14H25N3O. The molecule has 0 aromatic carbocycles. The molecule has 0 aliphatic carbocycles. The first kappa shape index (κ1) is 14.9. The standard InChI is InChI=1S/C14H25N3O/c1-4-15-12-13-11-14(7-8-16-13)18-10-9-17(5-2)6-3/h7-8,11,15H,4-6,9-10,12H2,1-3H3. The monoisotopic (exact) mass is 251 g/mol. The van der Waals surface area contributed by atoms with E-state index in [4.69, 9.17) is 4.74 Å². The summed E-state index contributed by atoms with van der Waals surface area (Å²) >= 11 is 0. The Balaban J connectivity index is 2.37. The summed E-state index contributed by atoms with van der Waals surface area (Å²) in [7, 11) is 0. The lowest BCUT2D eigenvalue weighted by molar-refractivity contribution is 0.222. The smallest absolute Gasteiger partial charge is 0.122 e. The molecule has 0 amide bonds. The molecular weight excluding hydrogens is 226 g/mol. The summed E-state index contributed by atoms with van der Waals surface area (Å²) in [5, 5.41) is 3.26. The lowest BCUT2D eigenvalue weighted by atomic mass is 10.3. The molecule has 1 rings (SSSR count). The van der Waals surface area contributed by atoms with Crippen molar-refractivity contribution < 1.29 is 4.74 Å². The summed E-state index contributed by atoms with van der Waals surface area (Å²) in [6.07, 6.45) is 1.80. The van der Waals surface area contributed by atoms with Crippen molar-refractivity contribution >= 4 is 0 Å². The van der Waals surface area contributed by atoms with Gasteiger partial charge in [-0.05, 0) is 25.7 Å². The Kier molecular flexibility index (Phi) is 7.37. The molecule has 102 valence electrons. The predicted octanol–water partition coefficient (Wildman–Crippen LogP) is 1.91. The van der Waals surface area contributed by atoms with Crippen LogP contribution in [0.25, 0.3) is 0 Å². The number of likely N-dealkylation sites (N-methyl/N-ethyl adjacent to an activating group) is 1. The van der Waals surface area contributed by atoms with Crippen LogP contribution in [0.4, 0.5) is 0 Å². The third-order valence-corrected chi connectivity index (χ3v) is 2.91. The van der Waals surface area contributed by atoms with Crippen LogP contribution in [0.15, 0.2) is 18.3 Å². The van der Waals surface area contributed by atoms with Gasteiger partial charge < -0.3 is 15.0 Å². The average Bonchev–Trinajstić information content (AvgIpc) is 2.42. The highest BCUT2D eigenvalue weighted by Crippen LogP contribution is 2.10. The van der Waals surface area contributed by atoms with Crippen molar-refractivity contribution in [2.24, 2.45) is 0 Å². The average molecular weight is 251 g/mol. The Morgan fingerprint density at radius 1 is 1.28 bits per heavy atom. The number of ether oxygens (including phenoxy) is 1. The highest BCUT2D eigenvalue weighted by molar-refractivity contribution is 5.22. The van der Waals surface area contributed by atoms with Gasteiger partial charge in [-0.3, -0.25) is 4.98 Å². The van der Waals surface area contributed by atoms with Crippen molar-refractivity contribution in [3.63, 3.8) is 0 Å². The summed E-state index contributed by atoms with van der Waals surface area (Å²) in [6, 6.07) is 3.92. The van der Waals surface area contributed by atoms with Crippen molar-refractivity contribution in [3.05, 3.63) is 24.0 Å². The molecule has 1 aromatic rings. The van der Waals surface area contributed by atoms with Gasteiger partial charge in [-0.2, -0.15) is 0 Å². The molecule has 1 aromatic heterocycles. The van der Waals surface area contributed by atoms with Gasteiger partial charge >= 0.3 is 0 Å². The van der Waals surface area contributed by atoms with Crippen molar-refractivity contribution in [3.8, 4) is 5.75 Å². The van der Waals surface area contributed by atoms with E-state index in [1.165, 1.54) is 0 Å². The lowest BCUT2D eigenvalue weighted by Crippen LogP contribution is -2.27. The first-order valence-electron chi connectivity index (χ1n) is 6.80. The van der Waals surface area contributed by atoms with E-state index in [0.29, 0.717) is 0 Å². The molecule has 0 radical (unpaired) electrons. The maximum absolute atomic E-state index is 5.75. The van der Waals surface area contributed by atoms with Crippen LogP contribution < -0.4 is 10.1 Å². The number of hydrogen-bond acceptors (Lipinski definition) is 4. The summed E-state index contributed by atoms with van der Waals surface area (Å²) in [6.45, 7) is 12.0. The Hall–Kier alpha value is -1.13. The van der Waals surface area contributed by atoms with E-state index in [0.717, 1.165) is 50.8 Å². The van der Waals surface area contributed by atoms with Gasteiger partial charge in [0, 0.05) is 25.4 Å². The van der Waals surface area contributed by atoms with Crippen molar-refractivity contribution in [1.82, 2.24) is 15.2 Å². The second-order valence-electron chi connectivity index (χ2n) is 4.14. The summed E-state index contributed by atoms with van der Waals surface area (Å²) in [5.41, 5.74) is 1.03. The molecule has 0 bridgehead atoms. The van der Waals surface area contributed by atoms with Crippen LogP contribution in [-0.4, -0.2) is 42.7 Å². The minimum Gasteiger partial charge on any atom is -0.492 e. The van der Waals surface area contributed by atoms with Crippen LogP contribution in [0, 0.1) is 0 Å². The quantitative estimate of drug-likeness (QED) is 0.727. The normalized spacial score (nSPS) is 10.9. The molecule has 0 aliphatic heterocycles. The Labute approximate surface area is 110 Å². The van der Waals surface area contributed by atoms with Gasteiger partial charge in [0.15, 0.2) is 0 Å². The molecule has 0 saturated heterocycles. The fraction of sp³-hybridized carbons (Fsp3) is 0.643. The van der Waals surface area contributed by atoms with Crippen LogP contribution in [0.2, 0.25) is 0 Å². The van der Waals surface area contributed by atoms with Gasteiger partial charge in [-0.1, -0.05) is 20.8 Å². The van der Waals surface area contributed by atoms with Crippen LogP contribution in [0.3, 0.4) is 0 Å². The van der Waals surface area contributed by atoms with Crippen molar-refractivity contribution in [2.45, 2.75) is 27.3 Å². The van der Waals surface area contributed by atoms with Gasteiger partial charge in [0.25, 0.3) is 0 Å². The second kappa shape index (κ2) is 8.89. The topological polar surface area (TPSA) is 37.4 Å². The minimum absolute atomic E-state index is 0.729. The zero-order valence-electron chi connectivity index (χ0n) is 11.8. The van der Waals surface area contributed by atoms with E-state index >= 15 is 0 Å². The zero-order chi connectivity index (χ0) is 13.2. The Bertz CT molecular complexity index is 327. The van der Waals surface area contributed by atoms with Gasteiger partial charge in [0.05, 0.1) is 5.69 Å². The molecule has 1 N–H and O–H groups in total. The highest BCUT2D eigenvalue weighted by Gasteiger charge is 2.01. The van der Waals surface area contributed by atoms with Crippen LogP contribution >= 0.6 is 0 Å². The first-order valence-corrected chi connectivity index (χ1v) is 6.80. The highest BCUT2D eigenvalue weighted by atomic mass is 16.5. The van der Waals surface area contributed by atoms with Crippen molar-refractivity contribution in [1.29, 1.82) is 0 Å². The fourth-order valence-corrected chi connectivity index (χ4v) is 1.73. The molecule has 0 aliphatic rings. The van der Waals surface area contributed by atoms with E-state index < -0.39 is 0 Å². The second-order valence-corrected chi connectivity index (χ2v) is 4.14. The third kappa shape index (κ3) is 5.47. The van der Waals surface area contributed by atoms with E-state index in [-0.39, 0.29) is 0 Å². The number of pyridine rings is 1. The first-order chi connectivity index (χ1) is 8.80. The molecule has 0 saturated carbocycles. The molecule has 4 heteroatoms. The SMILES string of the molecule is CCNCc1cc(OCCN(CC)CC)ccn1.